The average Bonchev–Trinajstić information content (AvgIpc) is 2.81. The van der Waals surface area contributed by atoms with Gasteiger partial charge >= 0.3 is 17.1 Å². The van der Waals surface area contributed by atoms with E-state index in [1.165, 1.54) is 0 Å². The summed E-state index contributed by atoms with van der Waals surface area (Å²) in [5, 5.41) is 10.7. The molecule has 2 heterocycles. The van der Waals surface area contributed by atoms with E-state index >= 15 is 0 Å². The van der Waals surface area contributed by atoms with Gasteiger partial charge in [0, 0.05) is 0 Å². The Balaban J connectivity index is 2.54. The highest BCUT2D eigenvalue weighted by molar-refractivity contribution is 6.83. The molecule has 0 spiro atoms. The minimum atomic E-state index is -2.69. The standard InChI is InChI=1S/C19H38O5Si2/c1-10-16-18(20)19-17(22-16)11-21-25(12(2)3,13(4)5)24-26(23-19,14(6)7)15(8)9/h10,12-20H,1,11H2,2-9H3. The van der Waals surface area contributed by atoms with Gasteiger partial charge in [-0.05, 0) is 22.2 Å². The quantitative estimate of drug-likeness (QED) is 0.550. The minimum absolute atomic E-state index is 0.240. The lowest BCUT2D eigenvalue weighted by atomic mass is 10.1. The van der Waals surface area contributed by atoms with Gasteiger partial charge in [-0.1, -0.05) is 61.5 Å². The molecule has 4 atom stereocenters. The Labute approximate surface area is 161 Å². The molecule has 0 radical (unpaired) electrons. The Bertz CT molecular complexity index is 478. The van der Waals surface area contributed by atoms with Gasteiger partial charge in [-0.2, -0.15) is 0 Å². The van der Waals surface area contributed by atoms with E-state index < -0.39 is 35.4 Å². The van der Waals surface area contributed by atoms with Gasteiger partial charge in [-0.3, -0.25) is 0 Å². The molecule has 152 valence electrons. The number of ether oxygens (including phenoxy) is 1. The van der Waals surface area contributed by atoms with E-state index in [2.05, 4.69) is 62.0 Å². The monoisotopic (exact) mass is 402 g/mol. The number of aliphatic hydroxyl groups excluding tert-OH is 1. The highest BCUT2D eigenvalue weighted by Gasteiger charge is 2.61. The molecule has 0 saturated carbocycles. The molecule has 5 nitrogen and oxygen atoms in total. The van der Waals surface area contributed by atoms with Crippen molar-refractivity contribution in [3.05, 3.63) is 12.7 Å². The van der Waals surface area contributed by atoms with Crippen molar-refractivity contribution in [1.82, 2.24) is 0 Å². The maximum absolute atomic E-state index is 10.7. The summed E-state index contributed by atoms with van der Waals surface area (Å²) in [6.07, 6.45) is -0.219. The second-order valence-corrected chi connectivity index (χ2v) is 17.8. The first kappa shape index (κ1) is 22.3. The summed E-state index contributed by atoms with van der Waals surface area (Å²) in [5.74, 6) is 0. The molecule has 7 heteroatoms. The topological polar surface area (TPSA) is 57.2 Å². The average molecular weight is 403 g/mol. The van der Waals surface area contributed by atoms with Crippen molar-refractivity contribution in [3.8, 4) is 0 Å². The van der Waals surface area contributed by atoms with Crippen LogP contribution in [-0.2, 0) is 17.7 Å². The molecule has 2 saturated heterocycles. The highest BCUT2D eigenvalue weighted by Crippen LogP contribution is 2.47. The summed E-state index contributed by atoms with van der Waals surface area (Å²) in [5.41, 5.74) is 1.08. The molecule has 0 aromatic rings. The summed E-state index contributed by atoms with van der Waals surface area (Å²) in [6.45, 7) is 21.7. The second-order valence-electron chi connectivity index (χ2n) is 8.92. The third-order valence-electron chi connectivity index (χ3n) is 5.94. The highest BCUT2D eigenvalue weighted by atomic mass is 28.5. The van der Waals surface area contributed by atoms with Crippen LogP contribution in [0.1, 0.15) is 55.4 Å². The number of hydrogen-bond acceptors (Lipinski definition) is 5. The third-order valence-corrected chi connectivity index (χ3v) is 16.2. The predicted molar refractivity (Wildman–Crippen MR) is 109 cm³/mol. The molecule has 2 rings (SSSR count). The summed E-state index contributed by atoms with van der Waals surface area (Å²) in [4.78, 5) is 0. The van der Waals surface area contributed by atoms with E-state index in [9.17, 15) is 5.11 Å². The number of aliphatic hydroxyl groups is 1. The van der Waals surface area contributed by atoms with Gasteiger partial charge in [0.2, 0.25) is 0 Å². The third kappa shape index (κ3) is 3.64. The Kier molecular flexibility index (Phi) is 6.98. The molecule has 0 aromatic carbocycles. The van der Waals surface area contributed by atoms with Crippen LogP contribution < -0.4 is 0 Å². The molecule has 0 amide bonds. The van der Waals surface area contributed by atoms with Crippen LogP contribution in [-0.4, -0.2) is 53.3 Å². The van der Waals surface area contributed by atoms with Crippen molar-refractivity contribution in [2.75, 3.05) is 6.61 Å². The van der Waals surface area contributed by atoms with Gasteiger partial charge in [0.05, 0.1) is 6.61 Å². The molecular formula is C19H38O5Si2. The number of fused-ring (bicyclic) bond motifs is 1. The number of hydrogen-bond donors (Lipinski definition) is 1. The zero-order chi connectivity index (χ0) is 19.9. The van der Waals surface area contributed by atoms with E-state index in [1.807, 2.05) is 0 Å². The van der Waals surface area contributed by atoms with Crippen molar-refractivity contribution in [2.24, 2.45) is 0 Å². The van der Waals surface area contributed by atoms with E-state index in [-0.39, 0.29) is 17.2 Å². The SMILES string of the molecule is C=CC1OC2CO[Si](C(C)C)(C(C)C)O[Si](C(C)C)(C(C)C)OC2C1O. The van der Waals surface area contributed by atoms with E-state index in [4.69, 9.17) is 17.7 Å². The lowest BCUT2D eigenvalue weighted by molar-refractivity contribution is -0.0337. The van der Waals surface area contributed by atoms with Gasteiger partial charge in [0.25, 0.3) is 0 Å². The van der Waals surface area contributed by atoms with Crippen molar-refractivity contribution in [2.45, 2.75) is 102 Å². The van der Waals surface area contributed by atoms with Crippen molar-refractivity contribution < 1.29 is 22.8 Å². The molecule has 4 unspecified atom stereocenters. The van der Waals surface area contributed by atoms with E-state index in [0.29, 0.717) is 17.7 Å². The van der Waals surface area contributed by atoms with Gasteiger partial charge < -0.3 is 22.8 Å². The first-order valence-electron chi connectivity index (χ1n) is 9.99. The first-order chi connectivity index (χ1) is 12.0. The zero-order valence-corrected chi connectivity index (χ0v) is 19.7. The molecule has 2 aliphatic heterocycles. The fraction of sp³-hybridized carbons (Fsp3) is 0.895. The van der Waals surface area contributed by atoms with Crippen LogP contribution in [0.5, 0.6) is 0 Å². The zero-order valence-electron chi connectivity index (χ0n) is 17.7. The molecule has 0 bridgehead atoms. The summed E-state index contributed by atoms with van der Waals surface area (Å²) in [7, 11) is -5.23. The first-order valence-corrected chi connectivity index (χ1v) is 13.9. The van der Waals surface area contributed by atoms with Crippen LogP contribution in [0.25, 0.3) is 0 Å². The van der Waals surface area contributed by atoms with Crippen LogP contribution in [0, 0.1) is 0 Å². The molecule has 26 heavy (non-hydrogen) atoms. The van der Waals surface area contributed by atoms with Crippen molar-refractivity contribution >= 4 is 17.1 Å². The van der Waals surface area contributed by atoms with Gasteiger partial charge in [0.15, 0.2) is 0 Å². The summed E-state index contributed by atoms with van der Waals surface area (Å²) >= 11 is 0. The normalized spacial score (nSPS) is 34.2. The molecule has 0 aromatic heterocycles. The lowest BCUT2D eigenvalue weighted by Gasteiger charge is -2.51. The molecular weight excluding hydrogens is 364 g/mol. The van der Waals surface area contributed by atoms with Crippen molar-refractivity contribution in [3.63, 3.8) is 0 Å². The van der Waals surface area contributed by atoms with E-state index in [1.54, 1.807) is 6.08 Å². The molecule has 1 N–H and O–H groups in total. The summed E-state index contributed by atoms with van der Waals surface area (Å²) in [6, 6.07) is 0. The molecule has 0 aliphatic carbocycles. The van der Waals surface area contributed by atoms with Crippen LogP contribution in [0.3, 0.4) is 0 Å². The predicted octanol–water partition coefficient (Wildman–Crippen LogP) is 4.26. The minimum Gasteiger partial charge on any atom is -0.414 e. The number of rotatable bonds is 5. The van der Waals surface area contributed by atoms with Gasteiger partial charge in [-0.25, -0.2) is 0 Å². The van der Waals surface area contributed by atoms with Crippen LogP contribution in [0.4, 0.5) is 0 Å². The lowest BCUT2D eigenvalue weighted by Crippen LogP contribution is -2.65. The smallest absolute Gasteiger partial charge is 0.335 e. The van der Waals surface area contributed by atoms with Gasteiger partial charge in [-0.15, -0.1) is 6.58 Å². The Hall–Kier alpha value is -0.0262. The Morgan fingerprint density at radius 1 is 0.923 bits per heavy atom. The van der Waals surface area contributed by atoms with Crippen LogP contribution in [0.15, 0.2) is 12.7 Å². The van der Waals surface area contributed by atoms with E-state index in [0.717, 1.165) is 0 Å². The van der Waals surface area contributed by atoms with Crippen LogP contribution in [0.2, 0.25) is 22.2 Å². The molecule has 2 aliphatic rings. The maximum Gasteiger partial charge on any atom is 0.335 e. The summed E-state index contributed by atoms with van der Waals surface area (Å²) < 4.78 is 26.5. The molecule has 2 fully saturated rings. The maximum atomic E-state index is 10.7. The fourth-order valence-corrected chi connectivity index (χ4v) is 15.6. The Morgan fingerprint density at radius 3 is 1.85 bits per heavy atom. The fourth-order valence-electron chi connectivity index (χ4n) is 4.38. The Morgan fingerprint density at radius 2 is 1.42 bits per heavy atom. The van der Waals surface area contributed by atoms with Gasteiger partial charge in [0.1, 0.15) is 24.4 Å². The largest absolute Gasteiger partial charge is 0.414 e. The van der Waals surface area contributed by atoms with Crippen LogP contribution >= 0.6 is 0 Å². The van der Waals surface area contributed by atoms with Crippen molar-refractivity contribution in [1.29, 1.82) is 0 Å². The second kappa shape index (κ2) is 8.15.